The van der Waals surface area contributed by atoms with Crippen LogP contribution in [0.2, 0.25) is 6.32 Å². The second-order valence-corrected chi connectivity index (χ2v) is 5.79. The SMILES string of the molecule is [BH2-](CC(c1ccccc1)c1ccccc1)c1ccccc1. The normalized spacial score (nSPS) is 10.7. The largest absolute Gasteiger partial charge is 0.217 e. The molecular weight excluding hydrogens is 251 g/mol. The molecule has 0 aromatic heterocycles. The van der Waals surface area contributed by atoms with Gasteiger partial charge in [-0.1, -0.05) is 91.0 Å². The van der Waals surface area contributed by atoms with Gasteiger partial charge in [0.05, 0.1) is 0 Å². The van der Waals surface area contributed by atoms with Crippen molar-refractivity contribution in [1.82, 2.24) is 0 Å². The number of benzene rings is 3. The topological polar surface area (TPSA) is 0 Å². The molecule has 0 saturated heterocycles. The lowest BCUT2D eigenvalue weighted by molar-refractivity contribution is 0.916. The van der Waals surface area contributed by atoms with Gasteiger partial charge >= 0.3 is 0 Å². The summed E-state index contributed by atoms with van der Waals surface area (Å²) in [4.78, 5) is 0. The summed E-state index contributed by atoms with van der Waals surface area (Å²) in [6.45, 7) is 0. The molecule has 0 nitrogen and oxygen atoms in total. The van der Waals surface area contributed by atoms with E-state index in [1.165, 1.54) is 22.9 Å². The molecule has 104 valence electrons. The summed E-state index contributed by atoms with van der Waals surface area (Å²) in [5.74, 6) is 0.521. The number of hydrogen-bond acceptors (Lipinski definition) is 0. The minimum absolute atomic E-state index is 0.111. The molecule has 3 aromatic rings. The molecule has 1 heteroatoms. The quantitative estimate of drug-likeness (QED) is 0.620. The fourth-order valence-electron chi connectivity index (χ4n) is 3.24. The van der Waals surface area contributed by atoms with E-state index in [-0.39, 0.29) is 7.28 Å². The van der Waals surface area contributed by atoms with Gasteiger partial charge in [-0.25, -0.2) is 5.46 Å². The average molecular weight is 271 g/mol. The van der Waals surface area contributed by atoms with E-state index in [2.05, 4.69) is 91.0 Å². The van der Waals surface area contributed by atoms with Crippen LogP contribution in [0, 0.1) is 0 Å². The minimum atomic E-state index is -0.111. The minimum Gasteiger partial charge on any atom is -0.217 e. The molecular formula is C20H20B-. The molecule has 0 atom stereocenters. The van der Waals surface area contributed by atoms with Crippen molar-refractivity contribution in [1.29, 1.82) is 0 Å². The van der Waals surface area contributed by atoms with Gasteiger partial charge in [0.2, 0.25) is 0 Å². The Balaban J connectivity index is 1.83. The van der Waals surface area contributed by atoms with E-state index < -0.39 is 0 Å². The maximum atomic E-state index is 2.27. The molecule has 0 aliphatic heterocycles. The van der Waals surface area contributed by atoms with Crippen LogP contribution < -0.4 is 5.46 Å². The Bertz CT molecular complexity index is 608. The molecule has 0 bridgehead atoms. The Kier molecular flexibility index (Phi) is 4.53. The third kappa shape index (κ3) is 3.63. The zero-order valence-electron chi connectivity index (χ0n) is 12.4. The fourth-order valence-corrected chi connectivity index (χ4v) is 3.24. The monoisotopic (exact) mass is 271 g/mol. The molecule has 0 N–H and O–H groups in total. The summed E-state index contributed by atoms with van der Waals surface area (Å²) in [5.41, 5.74) is 4.40. The van der Waals surface area contributed by atoms with Crippen LogP contribution in [-0.2, 0) is 0 Å². The molecule has 0 amide bonds. The highest BCUT2D eigenvalue weighted by Crippen LogP contribution is 2.27. The first-order valence-corrected chi connectivity index (χ1v) is 7.92. The van der Waals surface area contributed by atoms with Crippen LogP contribution in [-0.4, -0.2) is 7.28 Å². The van der Waals surface area contributed by atoms with E-state index in [9.17, 15) is 0 Å². The predicted octanol–water partition coefficient (Wildman–Crippen LogP) is 3.73. The highest BCUT2D eigenvalue weighted by Gasteiger charge is 2.10. The molecule has 0 radical (unpaired) electrons. The summed E-state index contributed by atoms with van der Waals surface area (Å²) in [7, 11) is -0.111. The van der Waals surface area contributed by atoms with E-state index in [4.69, 9.17) is 0 Å². The summed E-state index contributed by atoms with van der Waals surface area (Å²) in [5, 5.41) is 0. The Labute approximate surface area is 127 Å². The molecule has 0 heterocycles. The summed E-state index contributed by atoms with van der Waals surface area (Å²) < 4.78 is 0. The van der Waals surface area contributed by atoms with E-state index in [1.807, 2.05) is 0 Å². The highest BCUT2D eigenvalue weighted by atomic mass is 14.1. The van der Waals surface area contributed by atoms with Gasteiger partial charge in [0.25, 0.3) is 0 Å². The van der Waals surface area contributed by atoms with Gasteiger partial charge in [-0.05, 0) is 24.3 Å². The van der Waals surface area contributed by atoms with E-state index >= 15 is 0 Å². The van der Waals surface area contributed by atoms with Crippen LogP contribution in [0.5, 0.6) is 0 Å². The van der Waals surface area contributed by atoms with Gasteiger partial charge in [0.1, 0.15) is 0 Å². The molecule has 3 rings (SSSR count). The third-order valence-electron chi connectivity index (χ3n) is 4.36. The lowest BCUT2D eigenvalue weighted by atomic mass is 9.61. The van der Waals surface area contributed by atoms with E-state index in [0.29, 0.717) is 5.92 Å². The Morgan fingerprint density at radius 2 is 1.00 bits per heavy atom. The number of hydrogen-bond donors (Lipinski definition) is 0. The van der Waals surface area contributed by atoms with Crippen molar-refractivity contribution in [2.75, 3.05) is 0 Å². The van der Waals surface area contributed by atoms with Gasteiger partial charge in [-0.3, -0.25) is 0 Å². The molecule has 0 saturated carbocycles. The van der Waals surface area contributed by atoms with Gasteiger partial charge < -0.3 is 0 Å². The van der Waals surface area contributed by atoms with Crippen molar-refractivity contribution in [3.63, 3.8) is 0 Å². The molecule has 3 aromatic carbocycles. The maximum Gasteiger partial charge on any atom is -0.00303 e. The Morgan fingerprint density at radius 3 is 1.48 bits per heavy atom. The second kappa shape index (κ2) is 6.94. The molecule has 0 spiro atoms. The standard InChI is InChI=1S/C20H20B/c1-4-10-17(11-5-1)20(18-12-6-2-7-13-18)16-21-19-14-8-3-9-15-19/h1-15,20H,16,21H2/q-1. The summed E-state index contributed by atoms with van der Waals surface area (Å²) in [6, 6.07) is 32.8. The zero-order chi connectivity index (χ0) is 14.3. The summed E-state index contributed by atoms with van der Waals surface area (Å²) in [6.07, 6.45) is 1.26. The van der Waals surface area contributed by atoms with Crippen molar-refractivity contribution in [2.45, 2.75) is 12.2 Å². The van der Waals surface area contributed by atoms with Crippen molar-refractivity contribution in [3.8, 4) is 0 Å². The van der Waals surface area contributed by atoms with Gasteiger partial charge in [0.15, 0.2) is 0 Å². The van der Waals surface area contributed by atoms with Crippen LogP contribution in [0.4, 0.5) is 0 Å². The Hall–Kier alpha value is -2.28. The smallest absolute Gasteiger partial charge is 0.00303 e. The van der Waals surface area contributed by atoms with Crippen LogP contribution in [0.3, 0.4) is 0 Å². The molecule has 0 unspecified atom stereocenters. The van der Waals surface area contributed by atoms with Gasteiger partial charge in [-0.2, -0.15) is 6.32 Å². The highest BCUT2D eigenvalue weighted by molar-refractivity contribution is 6.53. The van der Waals surface area contributed by atoms with Crippen LogP contribution in [0.15, 0.2) is 91.0 Å². The van der Waals surface area contributed by atoms with Gasteiger partial charge in [0, 0.05) is 0 Å². The predicted molar refractivity (Wildman–Crippen MR) is 94.2 cm³/mol. The van der Waals surface area contributed by atoms with Gasteiger partial charge in [-0.15, -0.1) is 0 Å². The van der Waals surface area contributed by atoms with Crippen molar-refractivity contribution >= 4 is 12.7 Å². The fraction of sp³-hybridized carbons (Fsp3) is 0.100. The maximum absolute atomic E-state index is 2.27. The van der Waals surface area contributed by atoms with Crippen LogP contribution in [0.1, 0.15) is 17.0 Å². The molecule has 0 aliphatic carbocycles. The summed E-state index contributed by atoms with van der Waals surface area (Å²) >= 11 is 0. The lowest BCUT2D eigenvalue weighted by Crippen LogP contribution is -2.16. The molecule has 21 heavy (non-hydrogen) atoms. The first kappa shape index (κ1) is 13.7. The molecule has 0 fully saturated rings. The van der Waals surface area contributed by atoms with Crippen molar-refractivity contribution in [3.05, 3.63) is 102 Å². The number of rotatable bonds is 5. The zero-order valence-corrected chi connectivity index (χ0v) is 12.4. The van der Waals surface area contributed by atoms with Crippen molar-refractivity contribution < 1.29 is 0 Å². The average Bonchev–Trinajstić information content (AvgIpc) is 2.58. The van der Waals surface area contributed by atoms with E-state index in [1.54, 1.807) is 0 Å². The van der Waals surface area contributed by atoms with E-state index in [0.717, 1.165) is 0 Å². The molecule has 0 aliphatic rings. The first-order valence-electron chi connectivity index (χ1n) is 7.92. The second-order valence-electron chi connectivity index (χ2n) is 5.79. The van der Waals surface area contributed by atoms with Crippen molar-refractivity contribution in [2.24, 2.45) is 0 Å². The lowest BCUT2D eigenvalue weighted by Gasteiger charge is -2.21. The van der Waals surface area contributed by atoms with Crippen LogP contribution >= 0.6 is 0 Å². The van der Waals surface area contributed by atoms with Crippen LogP contribution in [0.25, 0.3) is 0 Å². The first-order chi connectivity index (χ1) is 10.4. The third-order valence-corrected chi connectivity index (χ3v) is 4.36. The Morgan fingerprint density at radius 1 is 0.571 bits per heavy atom.